The number of halogens is 2. The van der Waals surface area contributed by atoms with Gasteiger partial charge >= 0.3 is 5.97 Å². The van der Waals surface area contributed by atoms with Crippen LogP contribution >= 0.6 is 34.5 Å². The van der Waals surface area contributed by atoms with E-state index in [2.05, 4.69) is 17.2 Å². The first kappa shape index (κ1) is 29.6. The molecule has 0 aliphatic rings. The lowest BCUT2D eigenvalue weighted by Gasteiger charge is -2.21. The number of rotatable bonds is 12. The quantitative estimate of drug-likeness (QED) is 0.211. The number of nitrogens with one attached hydrogen (secondary N) is 1. The van der Waals surface area contributed by atoms with E-state index in [-0.39, 0.29) is 27.3 Å². The van der Waals surface area contributed by atoms with Crippen LogP contribution in [0.1, 0.15) is 67.6 Å². The van der Waals surface area contributed by atoms with Crippen molar-refractivity contribution in [3.63, 3.8) is 0 Å². The second-order valence-electron chi connectivity index (χ2n) is 8.49. The number of aliphatic carboxylic acids is 1. The Labute approximate surface area is 236 Å². The third kappa shape index (κ3) is 7.14. The van der Waals surface area contributed by atoms with Crippen LogP contribution in [0.15, 0.2) is 41.3 Å². The van der Waals surface area contributed by atoms with E-state index in [0.717, 1.165) is 30.4 Å². The Kier molecular flexibility index (Phi) is 10.7. The average Bonchev–Trinajstić information content (AvgIpc) is 3.35. The van der Waals surface area contributed by atoms with Crippen LogP contribution in [0.4, 0.5) is 5.13 Å². The lowest BCUT2D eigenvalue weighted by atomic mass is 9.99. The van der Waals surface area contributed by atoms with E-state index in [1.807, 2.05) is 30.5 Å². The number of carbonyl (C=O) groups excluding carboxylic acids is 1. The molecule has 1 aromatic heterocycles. The largest absolute Gasteiger partial charge is 0.496 e. The number of unbranched alkanes of at least 4 members (excludes halogenated alkanes) is 1. The van der Waals surface area contributed by atoms with E-state index in [4.69, 9.17) is 37.8 Å². The molecular formula is C28H30Cl2N2O5S. The van der Waals surface area contributed by atoms with Gasteiger partial charge in [0.2, 0.25) is 0 Å². The zero-order valence-electron chi connectivity index (χ0n) is 21.6. The second kappa shape index (κ2) is 13.8. The van der Waals surface area contributed by atoms with Gasteiger partial charge in [0.1, 0.15) is 5.75 Å². The molecule has 0 aliphatic carbocycles. The molecule has 38 heavy (non-hydrogen) atoms. The fourth-order valence-corrected chi connectivity index (χ4v) is 5.21. The lowest BCUT2D eigenvalue weighted by molar-refractivity contribution is -0.132. The number of carbonyl (C=O) groups is 2. The van der Waals surface area contributed by atoms with Crippen molar-refractivity contribution < 1.29 is 24.2 Å². The molecule has 3 rings (SSSR count). The summed E-state index contributed by atoms with van der Waals surface area (Å²) in [6.45, 7) is 6.16. The summed E-state index contributed by atoms with van der Waals surface area (Å²) < 4.78 is 11.8. The minimum Gasteiger partial charge on any atom is -0.496 e. The number of hydrogen-bond acceptors (Lipinski definition) is 6. The molecule has 202 valence electrons. The first-order valence-electron chi connectivity index (χ1n) is 12.2. The van der Waals surface area contributed by atoms with Crippen molar-refractivity contribution in [1.82, 2.24) is 4.98 Å². The van der Waals surface area contributed by atoms with Gasteiger partial charge in [-0.05, 0) is 44.5 Å². The van der Waals surface area contributed by atoms with Gasteiger partial charge in [0.25, 0.3) is 5.91 Å². The molecule has 0 bridgehead atoms. The minimum atomic E-state index is -1.09. The first-order chi connectivity index (χ1) is 18.2. The smallest absolute Gasteiger partial charge is 0.331 e. The van der Waals surface area contributed by atoms with Crippen molar-refractivity contribution in [2.75, 3.05) is 19.0 Å². The number of carboxylic acids is 1. The SMILES string of the molecule is CCCC[C@H](OCC)c1cccc(-c2csc(NC(=O)c3cc(Cl)c(C=C(C)C(=O)O)c(Cl)c3)n2)c1OC. The number of thiazole rings is 1. The van der Waals surface area contributed by atoms with Crippen LogP contribution in [0, 0.1) is 0 Å². The molecule has 0 spiro atoms. The number of carboxylic acid groups (broad SMARTS) is 1. The highest BCUT2D eigenvalue weighted by Crippen LogP contribution is 2.40. The second-order valence-corrected chi connectivity index (χ2v) is 10.2. The lowest BCUT2D eigenvalue weighted by Crippen LogP contribution is -2.12. The number of methoxy groups -OCH3 is 1. The number of amides is 1. The van der Waals surface area contributed by atoms with Crippen LogP contribution in [0.3, 0.4) is 0 Å². The number of nitrogens with zero attached hydrogens (tertiary/aromatic N) is 1. The number of para-hydroxylation sites is 1. The molecular weight excluding hydrogens is 547 g/mol. The molecule has 1 heterocycles. The van der Waals surface area contributed by atoms with Crippen molar-refractivity contribution in [2.45, 2.75) is 46.1 Å². The first-order valence-corrected chi connectivity index (χ1v) is 13.8. The van der Waals surface area contributed by atoms with Crippen molar-refractivity contribution >= 4 is 57.6 Å². The maximum absolute atomic E-state index is 12.9. The van der Waals surface area contributed by atoms with Crippen molar-refractivity contribution in [2.24, 2.45) is 0 Å². The fourth-order valence-electron chi connectivity index (χ4n) is 3.91. The maximum Gasteiger partial charge on any atom is 0.331 e. The van der Waals surface area contributed by atoms with E-state index >= 15 is 0 Å². The van der Waals surface area contributed by atoms with Gasteiger partial charge in [-0.1, -0.05) is 55.1 Å². The third-order valence-corrected chi connectivity index (χ3v) is 7.21. The number of anilines is 1. The topological polar surface area (TPSA) is 97.8 Å². The molecule has 0 radical (unpaired) electrons. The van der Waals surface area contributed by atoms with E-state index in [0.29, 0.717) is 28.7 Å². The van der Waals surface area contributed by atoms with Gasteiger partial charge in [0.15, 0.2) is 5.13 Å². The van der Waals surface area contributed by atoms with Gasteiger partial charge in [-0.3, -0.25) is 10.1 Å². The Morgan fingerprint density at radius 1 is 1.21 bits per heavy atom. The van der Waals surface area contributed by atoms with Crippen LogP contribution in [0.5, 0.6) is 5.75 Å². The fraction of sp³-hybridized carbons (Fsp3) is 0.321. The zero-order valence-corrected chi connectivity index (χ0v) is 24.0. The summed E-state index contributed by atoms with van der Waals surface area (Å²) in [5, 5.41) is 14.5. The number of hydrogen-bond donors (Lipinski definition) is 2. The van der Waals surface area contributed by atoms with Crippen LogP contribution in [0.25, 0.3) is 17.3 Å². The summed E-state index contributed by atoms with van der Waals surface area (Å²) in [6, 6.07) is 8.77. The normalized spacial score (nSPS) is 12.3. The summed E-state index contributed by atoms with van der Waals surface area (Å²) >= 11 is 13.9. The molecule has 3 aromatic rings. The van der Waals surface area contributed by atoms with Gasteiger partial charge in [-0.2, -0.15) is 0 Å². The summed E-state index contributed by atoms with van der Waals surface area (Å²) in [7, 11) is 1.63. The summed E-state index contributed by atoms with van der Waals surface area (Å²) in [5.74, 6) is -0.837. The molecule has 0 aliphatic heterocycles. The van der Waals surface area contributed by atoms with Gasteiger partial charge in [0.05, 0.1) is 29.0 Å². The highest BCUT2D eigenvalue weighted by atomic mass is 35.5. The van der Waals surface area contributed by atoms with E-state index in [9.17, 15) is 9.59 Å². The number of benzene rings is 2. The molecule has 1 atom stereocenters. The number of aromatic nitrogens is 1. The zero-order chi connectivity index (χ0) is 27.8. The molecule has 0 saturated carbocycles. The Morgan fingerprint density at radius 2 is 1.92 bits per heavy atom. The van der Waals surface area contributed by atoms with Gasteiger partial charge < -0.3 is 14.6 Å². The predicted molar refractivity (Wildman–Crippen MR) is 154 cm³/mol. The van der Waals surface area contributed by atoms with Gasteiger partial charge in [0, 0.05) is 39.8 Å². The van der Waals surface area contributed by atoms with Crippen LogP contribution < -0.4 is 10.1 Å². The molecule has 10 heteroatoms. The summed E-state index contributed by atoms with van der Waals surface area (Å²) in [5.41, 5.74) is 3.05. The van der Waals surface area contributed by atoms with Crippen molar-refractivity contribution in [3.8, 4) is 17.0 Å². The average molecular weight is 578 g/mol. The molecule has 0 unspecified atom stereocenters. The molecule has 2 N–H and O–H groups in total. The molecule has 7 nitrogen and oxygen atoms in total. The standard InChI is InChI=1S/C28H30Cl2N2O5S/c1-5-7-11-24(37-6-2)19-10-8-9-18(25(19)36-4)23-15-38-28(31-23)32-26(33)17-13-21(29)20(22(30)14-17)12-16(3)27(34)35/h8-10,12-15,24H,5-7,11H2,1-4H3,(H,34,35)(H,31,32,33)/t24-/m0/s1. The molecule has 1 amide bonds. The van der Waals surface area contributed by atoms with Crippen LogP contribution in [0.2, 0.25) is 10.0 Å². The summed E-state index contributed by atoms with van der Waals surface area (Å²) in [4.78, 5) is 28.7. The highest BCUT2D eigenvalue weighted by Gasteiger charge is 2.21. The Balaban J connectivity index is 1.86. The molecule has 2 aromatic carbocycles. The van der Waals surface area contributed by atoms with Crippen molar-refractivity contribution in [3.05, 3.63) is 68.0 Å². The Bertz CT molecular complexity index is 1320. The molecule has 0 saturated heterocycles. The van der Waals surface area contributed by atoms with Crippen molar-refractivity contribution in [1.29, 1.82) is 0 Å². The minimum absolute atomic E-state index is 0.0683. The third-order valence-electron chi connectivity index (χ3n) is 5.82. The monoisotopic (exact) mass is 576 g/mol. The van der Waals surface area contributed by atoms with E-state index in [1.165, 1.54) is 36.5 Å². The van der Waals surface area contributed by atoms with E-state index < -0.39 is 11.9 Å². The van der Waals surface area contributed by atoms with Crippen LogP contribution in [-0.4, -0.2) is 35.7 Å². The summed E-state index contributed by atoms with van der Waals surface area (Å²) in [6.07, 6.45) is 4.27. The highest BCUT2D eigenvalue weighted by molar-refractivity contribution is 7.14. The van der Waals surface area contributed by atoms with Gasteiger partial charge in [-0.25, -0.2) is 9.78 Å². The van der Waals surface area contributed by atoms with E-state index in [1.54, 1.807) is 7.11 Å². The van der Waals surface area contributed by atoms with Crippen LogP contribution in [-0.2, 0) is 9.53 Å². The number of ether oxygens (including phenoxy) is 2. The molecule has 0 fully saturated rings. The maximum atomic E-state index is 12.9. The Hall–Kier alpha value is -2.91. The Morgan fingerprint density at radius 3 is 2.53 bits per heavy atom. The van der Waals surface area contributed by atoms with Gasteiger partial charge in [-0.15, -0.1) is 11.3 Å². The predicted octanol–water partition coefficient (Wildman–Crippen LogP) is 8.13.